The maximum atomic E-state index is 5.28. The topological polar surface area (TPSA) is 12.0 Å². The highest BCUT2D eigenvalue weighted by atomic mass is 14.9. The largest absolute Gasteiger partial charge is 0.308 e. The molecule has 0 atom stereocenters. The third kappa shape index (κ3) is 3.64. The molecule has 1 nitrogen and oxygen atoms in total. The molecule has 0 saturated heterocycles. The number of terminal acetylenes is 1. The lowest BCUT2D eigenvalue weighted by atomic mass is 10.1. The van der Waals surface area contributed by atoms with Gasteiger partial charge in [-0.15, -0.1) is 6.42 Å². The van der Waals surface area contributed by atoms with Crippen LogP contribution in [0.5, 0.6) is 0 Å². The first-order valence-electron chi connectivity index (χ1n) is 4.82. The van der Waals surface area contributed by atoms with Gasteiger partial charge >= 0.3 is 0 Å². The van der Waals surface area contributed by atoms with Gasteiger partial charge in [-0.05, 0) is 38.5 Å². The van der Waals surface area contributed by atoms with Gasteiger partial charge in [-0.2, -0.15) is 0 Å². The Bertz CT molecular complexity index is 322. The standard InChI is InChI=1S/C13H17N/c1-5-11-6-8-12(9-7-11)10-14-13(2,3)4/h1,6-9,14H,10H2,2-4H3. The zero-order chi connectivity index (χ0) is 10.6. The van der Waals surface area contributed by atoms with Crippen molar-refractivity contribution >= 4 is 0 Å². The third-order valence-corrected chi connectivity index (χ3v) is 1.94. The number of hydrogen-bond donors (Lipinski definition) is 1. The maximum Gasteiger partial charge on any atom is 0.0242 e. The summed E-state index contributed by atoms with van der Waals surface area (Å²) in [4.78, 5) is 0. The second kappa shape index (κ2) is 4.30. The van der Waals surface area contributed by atoms with Crippen molar-refractivity contribution in [2.45, 2.75) is 32.9 Å². The minimum Gasteiger partial charge on any atom is -0.308 e. The van der Waals surface area contributed by atoms with Crippen LogP contribution in [0, 0.1) is 12.3 Å². The van der Waals surface area contributed by atoms with Crippen molar-refractivity contribution in [1.29, 1.82) is 0 Å². The van der Waals surface area contributed by atoms with Crippen LogP contribution < -0.4 is 5.32 Å². The van der Waals surface area contributed by atoms with Crippen molar-refractivity contribution in [3.63, 3.8) is 0 Å². The van der Waals surface area contributed by atoms with E-state index in [1.54, 1.807) is 0 Å². The molecule has 0 aliphatic carbocycles. The van der Waals surface area contributed by atoms with Crippen LogP contribution in [0.15, 0.2) is 24.3 Å². The fourth-order valence-electron chi connectivity index (χ4n) is 1.09. The highest BCUT2D eigenvalue weighted by Crippen LogP contribution is 2.05. The van der Waals surface area contributed by atoms with Gasteiger partial charge < -0.3 is 5.32 Å². The van der Waals surface area contributed by atoms with Crippen LogP contribution >= 0.6 is 0 Å². The molecule has 74 valence electrons. The molecule has 0 spiro atoms. The summed E-state index contributed by atoms with van der Waals surface area (Å²) in [5.41, 5.74) is 2.36. The van der Waals surface area contributed by atoms with Gasteiger partial charge in [0.1, 0.15) is 0 Å². The van der Waals surface area contributed by atoms with Crippen LogP contribution in [0.2, 0.25) is 0 Å². The monoisotopic (exact) mass is 187 g/mol. The highest BCUT2D eigenvalue weighted by Gasteiger charge is 2.07. The molecule has 0 heterocycles. The second-order valence-corrected chi connectivity index (χ2v) is 4.44. The normalized spacial score (nSPS) is 11.0. The number of benzene rings is 1. The predicted molar refractivity (Wildman–Crippen MR) is 61.0 cm³/mol. The summed E-state index contributed by atoms with van der Waals surface area (Å²) in [6.45, 7) is 7.35. The first kappa shape index (κ1) is 10.8. The second-order valence-electron chi connectivity index (χ2n) is 4.44. The van der Waals surface area contributed by atoms with Crippen molar-refractivity contribution in [1.82, 2.24) is 5.32 Å². The smallest absolute Gasteiger partial charge is 0.0242 e. The molecular formula is C13H17N. The Morgan fingerprint density at radius 2 is 1.79 bits per heavy atom. The van der Waals surface area contributed by atoms with E-state index >= 15 is 0 Å². The van der Waals surface area contributed by atoms with Crippen LogP contribution in [0.4, 0.5) is 0 Å². The van der Waals surface area contributed by atoms with Gasteiger partial charge in [-0.25, -0.2) is 0 Å². The zero-order valence-corrected chi connectivity index (χ0v) is 9.09. The lowest BCUT2D eigenvalue weighted by molar-refractivity contribution is 0.424. The van der Waals surface area contributed by atoms with Crippen LogP contribution in [0.1, 0.15) is 31.9 Å². The lowest BCUT2D eigenvalue weighted by Crippen LogP contribution is -2.35. The molecule has 0 unspecified atom stereocenters. The van der Waals surface area contributed by atoms with Crippen LogP contribution in [-0.2, 0) is 6.54 Å². The van der Waals surface area contributed by atoms with Crippen LogP contribution in [-0.4, -0.2) is 5.54 Å². The fourth-order valence-corrected chi connectivity index (χ4v) is 1.09. The molecule has 0 aromatic heterocycles. The molecule has 14 heavy (non-hydrogen) atoms. The Labute approximate surface area is 86.5 Å². The summed E-state index contributed by atoms with van der Waals surface area (Å²) >= 11 is 0. The van der Waals surface area contributed by atoms with Gasteiger partial charge in [0, 0.05) is 17.6 Å². The molecule has 1 N–H and O–H groups in total. The molecule has 0 bridgehead atoms. The average Bonchev–Trinajstić information content (AvgIpc) is 2.14. The minimum atomic E-state index is 0.158. The predicted octanol–water partition coefficient (Wildman–Crippen LogP) is 2.56. The molecule has 1 aromatic carbocycles. The maximum absolute atomic E-state index is 5.28. The summed E-state index contributed by atoms with van der Waals surface area (Å²) in [7, 11) is 0. The van der Waals surface area contributed by atoms with Crippen LogP contribution in [0.25, 0.3) is 0 Å². The van der Waals surface area contributed by atoms with E-state index in [-0.39, 0.29) is 5.54 Å². The number of hydrogen-bond acceptors (Lipinski definition) is 1. The zero-order valence-electron chi connectivity index (χ0n) is 9.09. The molecule has 0 saturated carbocycles. The van der Waals surface area contributed by atoms with E-state index in [1.165, 1.54) is 5.56 Å². The molecule has 0 fully saturated rings. The van der Waals surface area contributed by atoms with Gasteiger partial charge in [0.15, 0.2) is 0 Å². The Morgan fingerprint density at radius 1 is 1.21 bits per heavy atom. The Balaban J connectivity index is 2.58. The quantitative estimate of drug-likeness (QED) is 0.702. The van der Waals surface area contributed by atoms with Gasteiger partial charge in [-0.3, -0.25) is 0 Å². The van der Waals surface area contributed by atoms with Crippen molar-refractivity contribution in [3.8, 4) is 12.3 Å². The first-order chi connectivity index (χ1) is 6.51. The van der Waals surface area contributed by atoms with Gasteiger partial charge in [0.05, 0.1) is 0 Å². The SMILES string of the molecule is C#Cc1ccc(CNC(C)(C)C)cc1. The van der Waals surface area contributed by atoms with E-state index in [0.29, 0.717) is 0 Å². The van der Waals surface area contributed by atoms with E-state index in [2.05, 4.69) is 44.1 Å². The summed E-state index contributed by atoms with van der Waals surface area (Å²) < 4.78 is 0. The van der Waals surface area contributed by atoms with E-state index in [1.807, 2.05) is 12.1 Å². The Kier molecular flexibility index (Phi) is 3.33. The molecule has 0 aliphatic heterocycles. The fraction of sp³-hybridized carbons (Fsp3) is 0.385. The third-order valence-electron chi connectivity index (χ3n) is 1.94. The lowest BCUT2D eigenvalue weighted by Gasteiger charge is -2.20. The van der Waals surface area contributed by atoms with E-state index < -0.39 is 0 Å². The van der Waals surface area contributed by atoms with Gasteiger partial charge in [-0.1, -0.05) is 18.1 Å². The molecule has 1 rings (SSSR count). The molecule has 1 aromatic rings. The van der Waals surface area contributed by atoms with Crippen LogP contribution in [0.3, 0.4) is 0 Å². The molecular weight excluding hydrogens is 170 g/mol. The summed E-state index contributed by atoms with van der Waals surface area (Å²) in [6, 6.07) is 8.07. The highest BCUT2D eigenvalue weighted by molar-refractivity contribution is 5.34. The Hall–Kier alpha value is -1.26. The summed E-state index contributed by atoms with van der Waals surface area (Å²) in [5, 5.41) is 3.42. The summed E-state index contributed by atoms with van der Waals surface area (Å²) in [5.74, 6) is 2.61. The van der Waals surface area contributed by atoms with E-state index in [0.717, 1.165) is 12.1 Å². The van der Waals surface area contributed by atoms with Crippen molar-refractivity contribution in [3.05, 3.63) is 35.4 Å². The molecule has 0 aliphatic rings. The van der Waals surface area contributed by atoms with Gasteiger partial charge in [0.2, 0.25) is 0 Å². The number of nitrogens with one attached hydrogen (secondary N) is 1. The number of rotatable bonds is 2. The van der Waals surface area contributed by atoms with Crippen molar-refractivity contribution in [2.75, 3.05) is 0 Å². The first-order valence-corrected chi connectivity index (χ1v) is 4.82. The molecule has 0 amide bonds. The average molecular weight is 187 g/mol. The summed E-state index contributed by atoms with van der Waals surface area (Å²) in [6.07, 6.45) is 5.28. The molecule has 1 heteroatoms. The van der Waals surface area contributed by atoms with E-state index in [4.69, 9.17) is 6.42 Å². The molecule has 0 radical (unpaired) electrons. The Morgan fingerprint density at radius 3 is 2.21 bits per heavy atom. The van der Waals surface area contributed by atoms with Crippen molar-refractivity contribution in [2.24, 2.45) is 0 Å². The minimum absolute atomic E-state index is 0.158. The van der Waals surface area contributed by atoms with E-state index in [9.17, 15) is 0 Å². The van der Waals surface area contributed by atoms with Crippen molar-refractivity contribution < 1.29 is 0 Å². The van der Waals surface area contributed by atoms with Gasteiger partial charge in [0.25, 0.3) is 0 Å².